The quantitative estimate of drug-likeness (QED) is 0.349. The van der Waals surface area contributed by atoms with Gasteiger partial charge < -0.3 is 14.9 Å². The minimum Gasteiger partial charge on any atom is -0.478 e. The van der Waals surface area contributed by atoms with Gasteiger partial charge in [0.1, 0.15) is 0 Å². The lowest BCUT2D eigenvalue weighted by Gasteiger charge is -1.91. The van der Waals surface area contributed by atoms with Gasteiger partial charge in [-0.25, -0.2) is 4.79 Å². The highest BCUT2D eigenvalue weighted by atomic mass is 16.7. The van der Waals surface area contributed by atoms with Crippen LogP contribution in [0.4, 0.5) is 0 Å². The largest absolute Gasteiger partial charge is 0.478 e. The fourth-order valence-corrected chi connectivity index (χ4v) is 0.307. The van der Waals surface area contributed by atoms with Crippen LogP contribution in [0.25, 0.3) is 0 Å². The molecule has 0 aromatic rings. The number of ether oxygens (including phenoxy) is 1. The summed E-state index contributed by atoms with van der Waals surface area (Å²) in [4.78, 5) is 9.88. The minimum absolute atomic E-state index is 1.33. The van der Waals surface area contributed by atoms with Crippen LogP contribution in [-0.4, -0.2) is 28.2 Å². The lowest BCUT2D eigenvalue weighted by atomic mass is 10.3. The van der Waals surface area contributed by atoms with E-state index in [9.17, 15) is 4.79 Å². The van der Waals surface area contributed by atoms with Crippen LogP contribution in [-0.2, 0) is 9.53 Å². The highest BCUT2D eigenvalue weighted by Gasteiger charge is 2.60. The van der Waals surface area contributed by atoms with Gasteiger partial charge in [-0.05, 0) is 0 Å². The van der Waals surface area contributed by atoms with E-state index in [1.54, 1.807) is 0 Å². The highest BCUT2D eigenvalue weighted by Crippen LogP contribution is 2.27. The van der Waals surface area contributed by atoms with Gasteiger partial charge in [-0.15, -0.1) is 0 Å². The molecule has 1 heterocycles. The van der Waals surface area contributed by atoms with E-state index in [4.69, 9.17) is 15.9 Å². The molecular formula is C3H5NO4. The molecule has 4 N–H and O–H groups in total. The number of rotatable bonds is 1. The van der Waals surface area contributed by atoms with Gasteiger partial charge in [-0.1, -0.05) is 0 Å². The number of carboxylic acids is 1. The van der Waals surface area contributed by atoms with Crippen molar-refractivity contribution in [2.75, 3.05) is 0 Å². The van der Waals surface area contributed by atoms with Crippen LogP contribution in [0.3, 0.4) is 0 Å². The fraction of sp³-hybridized carbons (Fsp3) is 0.667. The van der Waals surface area contributed by atoms with E-state index < -0.39 is 18.0 Å². The molecule has 1 rings (SSSR count). The maximum Gasteiger partial charge on any atom is 0.356 e. The van der Waals surface area contributed by atoms with E-state index in [0.717, 1.165) is 0 Å². The summed E-state index contributed by atoms with van der Waals surface area (Å²) in [6, 6.07) is 0. The predicted molar refractivity (Wildman–Crippen MR) is 21.6 cm³/mol. The number of aliphatic hydroxyl groups is 1. The molecule has 0 aromatic heterocycles. The van der Waals surface area contributed by atoms with Crippen LogP contribution in [0.15, 0.2) is 0 Å². The number of hydrogen-bond acceptors (Lipinski definition) is 4. The van der Waals surface area contributed by atoms with Crippen molar-refractivity contribution in [3.05, 3.63) is 0 Å². The van der Waals surface area contributed by atoms with Crippen molar-refractivity contribution in [3.8, 4) is 0 Å². The van der Waals surface area contributed by atoms with Crippen LogP contribution in [0, 0.1) is 0 Å². The summed E-state index contributed by atoms with van der Waals surface area (Å²) in [6.07, 6.45) is -1.33. The third-order valence-corrected chi connectivity index (χ3v) is 0.951. The van der Waals surface area contributed by atoms with Gasteiger partial charge in [0.25, 0.3) is 5.72 Å². The van der Waals surface area contributed by atoms with Gasteiger partial charge in [0.05, 0.1) is 0 Å². The van der Waals surface area contributed by atoms with Crippen LogP contribution < -0.4 is 5.73 Å². The summed E-state index contributed by atoms with van der Waals surface area (Å²) in [5.41, 5.74) is 3.04. The summed E-state index contributed by atoms with van der Waals surface area (Å²) in [5.74, 6) is -1.34. The van der Waals surface area contributed by atoms with Gasteiger partial charge in [-0.2, -0.15) is 0 Å². The number of carbonyl (C=O) groups is 1. The summed E-state index contributed by atoms with van der Waals surface area (Å²) >= 11 is 0. The molecule has 5 heteroatoms. The normalized spacial score (nSPS) is 44.0. The Morgan fingerprint density at radius 1 is 1.88 bits per heavy atom. The number of carboxylic acid groups (broad SMARTS) is 1. The molecule has 1 aliphatic heterocycles. The molecule has 0 saturated carbocycles. The van der Waals surface area contributed by atoms with E-state index in [1.807, 2.05) is 0 Å². The summed E-state index contributed by atoms with van der Waals surface area (Å²) in [5, 5.41) is 16.4. The lowest BCUT2D eigenvalue weighted by molar-refractivity contribution is -0.143. The third kappa shape index (κ3) is 0.492. The molecule has 1 aliphatic rings. The van der Waals surface area contributed by atoms with E-state index in [1.165, 1.54) is 0 Å². The highest BCUT2D eigenvalue weighted by molar-refractivity contribution is 5.79. The van der Waals surface area contributed by atoms with E-state index >= 15 is 0 Å². The molecule has 1 saturated heterocycles. The fourth-order valence-electron chi connectivity index (χ4n) is 0.307. The van der Waals surface area contributed by atoms with Crippen LogP contribution in [0.5, 0.6) is 0 Å². The molecule has 0 amide bonds. The molecule has 0 aromatic carbocycles. The molecule has 2 atom stereocenters. The Balaban J connectivity index is 2.60. The number of aliphatic carboxylic acids is 1. The second-order valence-corrected chi connectivity index (χ2v) is 1.57. The molecule has 5 nitrogen and oxygen atoms in total. The van der Waals surface area contributed by atoms with Crippen molar-refractivity contribution in [2.45, 2.75) is 12.0 Å². The summed E-state index contributed by atoms with van der Waals surface area (Å²) in [6.45, 7) is 0. The number of epoxide rings is 1. The van der Waals surface area contributed by atoms with Crippen molar-refractivity contribution >= 4 is 5.97 Å². The lowest BCUT2D eigenvalue weighted by Crippen LogP contribution is -2.36. The standard InChI is InChI=1S/C3H5NO4/c4-3(1(5)6)2(7)8-3/h2,7H,4H2,(H,5,6). The molecule has 0 bridgehead atoms. The molecule has 46 valence electrons. The molecule has 0 spiro atoms. The second-order valence-electron chi connectivity index (χ2n) is 1.57. The Morgan fingerprint density at radius 2 is 2.25 bits per heavy atom. The van der Waals surface area contributed by atoms with Crippen LogP contribution >= 0.6 is 0 Å². The zero-order valence-electron chi connectivity index (χ0n) is 3.87. The van der Waals surface area contributed by atoms with Crippen LogP contribution in [0.1, 0.15) is 0 Å². The van der Waals surface area contributed by atoms with Gasteiger partial charge >= 0.3 is 5.97 Å². The number of aliphatic hydroxyl groups excluding tert-OH is 1. The first-order chi connectivity index (χ1) is 3.57. The van der Waals surface area contributed by atoms with E-state index in [-0.39, 0.29) is 0 Å². The van der Waals surface area contributed by atoms with Gasteiger partial charge in [0.2, 0.25) is 6.29 Å². The first-order valence-corrected chi connectivity index (χ1v) is 1.95. The SMILES string of the molecule is NC1(C(=O)O)OC1O. The average molecular weight is 119 g/mol. The molecular weight excluding hydrogens is 114 g/mol. The van der Waals surface area contributed by atoms with Gasteiger partial charge in [-0.3, -0.25) is 5.73 Å². The number of nitrogens with two attached hydrogens (primary N) is 1. The van der Waals surface area contributed by atoms with Crippen molar-refractivity contribution in [2.24, 2.45) is 5.73 Å². The molecule has 2 unspecified atom stereocenters. The molecule has 0 radical (unpaired) electrons. The third-order valence-electron chi connectivity index (χ3n) is 0.951. The average Bonchev–Trinajstić information content (AvgIpc) is 2.17. The van der Waals surface area contributed by atoms with Crippen molar-refractivity contribution in [3.63, 3.8) is 0 Å². The van der Waals surface area contributed by atoms with Crippen LogP contribution in [0.2, 0.25) is 0 Å². The minimum atomic E-state index is -1.82. The maximum atomic E-state index is 9.88. The maximum absolute atomic E-state index is 9.88. The van der Waals surface area contributed by atoms with E-state index in [0.29, 0.717) is 0 Å². The molecule has 0 aliphatic carbocycles. The summed E-state index contributed by atoms with van der Waals surface area (Å²) < 4.78 is 4.10. The topological polar surface area (TPSA) is 96.1 Å². The predicted octanol–water partition coefficient (Wildman–Crippen LogP) is -1.93. The Bertz CT molecular complexity index is 135. The summed E-state index contributed by atoms with van der Waals surface area (Å²) in [7, 11) is 0. The van der Waals surface area contributed by atoms with Gasteiger partial charge in [0, 0.05) is 0 Å². The Morgan fingerprint density at radius 3 is 2.25 bits per heavy atom. The van der Waals surface area contributed by atoms with Crippen molar-refractivity contribution in [1.29, 1.82) is 0 Å². The smallest absolute Gasteiger partial charge is 0.356 e. The first kappa shape index (κ1) is 5.49. The van der Waals surface area contributed by atoms with Crippen molar-refractivity contribution < 1.29 is 19.7 Å². The second kappa shape index (κ2) is 1.19. The van der Waals surface area contributed by atoms with Gasteiger partial charge in [0.15, 0.2) is 0 Å². The number of hydrogen-bond donors (Lipinski definition) is 3. The Labute approximate surface area is 44.7 Å². The van der Waals surface area contributed by atoms with E-state index in [2.05, 4.69) is 4.74 Å². The zero-order valence-corrected chi connectivity index (χ0v) is 3.87. The van der Waals surface area contributed by atoms with Crippen molar-refractivity contribution in [1.82, 2.24) is 0 Å². The monoisotopic (exact) mass is 119 g/mol. The molecule has 1 fully saturated rings. The Hall–Kier alpha value is -0.650. The first-order valence-electron chi connectivity index (χ1n) is 1.95. The zero-order chi connectivity index (χ0) is 6.36. The molecule has 8 heavy (non-hydrogen) atoms. The Kier molecular flexibility index (Phi) is 0.817.